The number of aromatic nitrogens is 2. The number of halogens is 2. The van der Waals surface area contributed by atoms with Crippen molar-refractivity contribution in [2.45, 2.75) is 12.0 Å². The molecule has 1 fully saturated rings. The number of carbonyl (C=O) groups excluding carboxylic acids is 1. The third kappa shape index (κ3) is 4.63. The number of hydrogen-bond donors (Lipinski definition) is 4. The first-order valence-electron chi connectivity index (χ1n) is 10.3. The van der Waals surface area contributed by atoms with Crippen LogP contribution in [0.3, 0.4) is 0 Å². The second kappa shape index (κ2) is 9.05. The van der Waals surface area contributed by atoms with Crippen LogP contribution in [0, 0.1) is 0 Å². The number of imidazole rings is 1. The van der Waals surface area contributed by atoms with E-state index in [0.29, 0.717) is 49.9 Å². The molecule has 0 aliphatic carbocycles. The number of fused-ring (bicyclic) bond motifs is 1. The second-order valence-corrected chi connectivity index (χ2v) is 10.0. The van der Waals surface area contributed by atoms with Crippen molar-refractivity contribution in [1.82, 2.24) is 19.8 Å². The number of H-pyrrole nitrogens is 1. The van der Waals surface area contributed by atoms with Gasteiger partial charge in [0.1, 0.15) is 5.82 Å². The highest BCUT2D eigenvalue weighted by molar-refractivity contribution is 9.11. The molecule has 1 aliphatic rings. The van der Waals surface area contributed by atoms with Crippen molar-refractivity contribution in [2.75, 3.05) is 39.0 Å². The minimum absolute atomic E-state index is 0.0211. The Balaban J connectivity index is 1.65. The molecule has 1 saturated heterocycles. The molecule has 1 atom stereocenters. The number of carboxylic acid groups (broad SMARTS) is 1. The third-order valence-electron chi connectivity index (χ3n) is 5.95. The van der Waals surface area contributed by atoms with Crippen molar-refractivity contribution in [2.24, 2.45) is 5.73 Å². The summed E-state index contributed by atoms with van der Waals surface area (Å²) in [6, 6.07) is 8.59. The van der Waals surface area contributed by atoms with Crippen LogP contribution in [-0.2, 0) is 16.8 Å². The van der Waals surface area contributed by atoms with Crippen LogP contribution in [0.15, 0.2) is 39.3 Å². The number of nitrogen functional groups attached to an aromatic ring is 1. The molecule has 0 unspecified atom stereocenters. The third-order valence-corrected chi connectivity index (χ3v) is 7.26. The van der Waals surface area contributed by atoms with Gasteiger partial charge in [-0.1, -0.05) is 0 Å². The molecule has 33 heavy (non-hydrogen) atoms. The van der Waals surface area contributed by atoms with E-state index in [9.17, 15) is 14.7 Å². The zero-order valence-electron chi connectivity index (χ0n) is 17.9. The second-order valence-electron chi connectivity index (χ2n) is 8.34. The minimum Gasteiger partial charge on any atom is -0.480 e. The molecular weight excluding hydrogens is 556 g/mol. The molecule has 174 valence electrons. The van der Waals surface area contributed by atoms with Crippen molar-refractivity contribution < 1.29 is 14.7 Å². The SMILES string of the molecule is CN1CCN(C(=O)c2ccc3nc([C@](N)(Cc4cc(Br)c(N)c(Br)c4)C(=O)O)[nH]c3c2)CC1. The zero-order chi connectivity index (χ0) is 23.9. The van der Waals surface area contributed by atoms with Gasteiger partial charge in [0.2, 0.25) is 0 Å². The average Bonchev–Trinajstić information content (AvgIpc) is 3.21. The summed E-state index contributed by atoms with van der Waals surface area (Å²) in [7, 11) is 2.03. The van der Waals surface area contributed by atoms with E-state index in [1.165, 1.54) is 0 Å². The molecule has 1 aliphatic heterocycles. The minimum atomic E-state index is -1.81. The van der Waals surface area contributed by atoms with Gasteiger partial charge in [-0.2, -0.15) is 0 Å². The van der Waals surface area contributed by atoms with Crippen LogP contribution in [0.1, 0.15) is 21.7 Å². The van der Waals surface area contributed by atoms with Gasteiger partial charge in [0.05, 0.1) is 16.7 Å². The molecule has 11 heteroatoms. The predicted molar refractivity (Wildman–Crippen MR) is 133 cm³/mol. The number of aliphatic carboxylic acids is 1. The molecule has 1 aromatic heterocycles. The number of hydrogen-bond acceptors (Lipinski definition) is 6. The van der Waals surface area contributed by atoms with E-state index in [1.54, 1.807) is 30.3 Å². The lowest BCUT2D eigenvalue weighted by Crippen LogP contribution is -2.47. The normalized spacial score (nSPS) is 16.7. The number of carbonyl (C=O) groups is 2. The molecule has 0 bridgehead atoms. The van der Waals surface area contributed by atoms with Gasteiger partial charge >= 0.3 is 5.97 Å². The Morgan fingerprint density at radius 1 is 1.15 bits per heavy atom. The lowest BCUT2D eigenvalue weighted by atomic mass is 9.91. The maximum Gasteiger partial charge on any atom is 0.331 e. The van der Waals surface area contributed by atoms with Crippen molar-refractivity contribution >= 4 is 60.5 Å². The first-order valence-corrected chi connectivity index (χ1v) is 11.9. The van der Waals surface area contributed by atoms with E-state index in [0.717, 1.165) is 13.1 Å². The molecule has 3 aromatic rings. The Bertz CT molecular complexity index is 1220. The summed E-state index contributed by atoms with van der Waals surface area (Å²) >= 11 is 6.76. The highest BCUT2D eigenvalue weighted by Crippen LogP contribution is 2.32. The lowest BCUT2D eigenvalue weighted by molar-refractivity contribution is -0.144. The first kappa shape index (κ1) is 23.7. The van der Waals surface area contributed by atoms with Gasteiger partial charge in [0, 0.05) is 47.1 Å². The number of amides is 1. The fourth-order valence-electron chi connectivity index (χ4n) is 3.87. The van der Waals surface area contributed by atoms with Crippen LogP contribution in [0.5, 0.6) is 0 Å². The fourth-order valence-corrected chi connectivity index (χ4v) is 5.15. The maximum absolute atomic E-state index is 12.9. The van der Waals surface area contributed by atoms with Crippen LogP contribution >= 0.6 is 31.9 Å². The van der Waals surface area contributed by atoms with E-state index in [-0.39, 0.29) is 18.2 Å². The van der Waals surface area contributed by atoms with E-state index in [2.05, 4.69) is 46.7 Å². The van der Waals surface area contributed by atoms with Crippen LogP contribution < -0.4 is 11.5 Å². The summed E-state index contributed by atoms with van der Waals surface area (Å²) in [5, 5.41) is 10.0. The molecule has 0 saturated carbocycles. The number of aromatic amines is 1. The van der Waals surface area contributed by atoms with Crippen molar-refractivity contribution in [1.29, 1.82) is 0 Å². The smallest absolute Gasteiger partial charge is 0.331 e. The van der Waals surface area contributed by atoms with Gasteiger partial charge < -0.3 is 31.4 Å². The van der Waals surface area contributed by atoms with Crippen LogP contribution in [0.25, 0.3) is 11.0 Å². The molecular formula is C22H24Br2N6O3. The van der Waals surface area contributed by atoms with Crippen LogP contribution in [-0.4, -0.2) is 70.0 Å². The Morgan fingerprint density at radius 3 is 2.39 bits per heavy atom. The van der Waals surface area contributed by atoms with Gasteiger partial charge in [-0.05, 0) is 74.8 Å². The number of rotatable bonds is 5. The predicted octanol–water partition coefficient (Wildman–Crippen LogP) is 2.54. The number of nitrogens with zero attached hydrogens (tertiary/aromatic N) is 3. The van der Waals surface area contributed by atoms with Crippen molar-refractivity contribution in [3.8, 4) is 0 Å². The highest BCUT2D eigenvalue weighted by Gasteiger charge is 2.40. The molecule has 6 N–H and O–H groups in total. The topological polar surface area (TPSA) is 142 Å². The van der Waals surface area contributed by atoms with Gasteiger partial charge in [-0.3, -0.25) is 4.79 Å². The first-order chi connectivity index (χ1) is 15.6. The number of nitrogens with one attached hydrogen (secondary N) is 1. The van der Waals surface area contributed by atoms with Gasteiger partial charge in [-0.25, -0.2) is 9.78 Å². The van der Waals surface area contributed by atoms with E-state index in [4.69, 9.17) is 11.5 Å². The molecule has 4 rings (SSSR count). The summed E-state index contributed by atoms with van der Waals surface area (Å²) in [4.78, 5) is 36.7. The maximum atomic E-state index is 12.9. The number of carboxylic acids is 1. The average molecular weight is 580 g/mol. The fraction of sp³-hybridized carbons (Fsp3) is 0.318. The zero-order valence-corrected chi connectivity index (χ0v) is 21.1. The molecule has 9 nitrogen and oxygen atoms in total. The summed E-state index contributed by atoms with van der Waals surface area (Å²) in [5.74, 6) is -1.17. The van der Waals surface area contributed by atoms with E-state index >= 15 is 0 Å². The van der Waals surface area contributed by atoms with E-state index < -0.39 is 11.5 Å². The Hall–Kier alpha value is -2.47. The standard InChI is InChI=1S/C22H24Br2N6O3/c1-29-4-6-30(7-5-29)19(31)13-2-3-16-17(10-13)28-20(27-16)22(26,21(32)33)11-12-8-14(23)18(25)15(24)9-12/h2-3,8-10H,4-7,11,25-26H2,1H3,(H,27,28)(H,32,33)/t22-/m1/s1. The van der Waals surface area contributed by atoms with Crippen LogP contribution in [0.2, 0.25) is 0 Å². The summed E-state index contributed by atoms with van der Waals surface area (Å²) < 4.78 is 1.27. The Kier molecular flexibility index (Phi) is 6.50. The van der Waals surface area contributed by atoms with Gasteiger partial charge in [-0.15, -0.1) is 0 Å². The molecule has 0 radical (unpaired) electrons. The Labute approximate surface area is 207 Å². The summed E-state index contributed by atoms with van der Waals surface area (Å²) in [6.07, 6.45) is -0.0211. The van der Waals surface area contributed by atoms with Crippen LogP contribution in [0.4, 0.5) is 5.69 Å². The molecule has 1 amide bonds. The molecule has 2 aromatic carbocycles. The number of piperazine rings is 1. The number of nitrogens with two attached hydrogens (primary N) is 2. The molecule has 2 heterocycles. The quantitative estimate of drug-likeness (QED) is 0.340. The van der Waals surface area contributed by atoms with E-state index in [1.807, 2.05) is 11.9 Å². The number of anilines is 1. The highest BCUT2D eigenvalue weighted by atomic mass is 79.9. The van der Waals surface area contributed by atoms with Gasteiger partial charge in [0.25, 0.3) is 5.91 Å². The number of benzene rings is 2. The van der Waals surface area contributed by atoms with Gasteiger partial charge in [0.15, 0.2) is 5.54 Å². The largest absolute Gasteiger partial charge is 0.480 e. The lowest BCUT2D eigenvalue weighted by Gasteiger charge is -2.32. The van der Waals surface area contributed by atoms with Crippen molar-refractivity contribution in [3.05, 3.63) is 56.2 Å². The summed E-state index contributed by atoms with van der Waals surface area (Å²) in [6.45, 7) is 2.99. The summed E-state index contributed by atoms with van der Waals surface area (Å²) in [5.41, 5.74) is 13.3. The number of likely N-dealkylation sites (N-methyl/N-ethyl adjacent to an activating group) is 1. The van der Waals surface area contributed by atoms with Crippen molar-refractivity contribution in [3.63, 3.8) is 0 Å². The molecule has 0 spiro atoms. The monoisotopic (exact) mass is 578 g/mol. The Morgan fingerprint density at radius 2 is 1.79 bits per heavy atom.